The van der Waals surface area contributed by atoms with E-state index in [-0.39, 0.29) is 5.82 Å². The van der Waals surface area contributed by atoms with Crippen LogP contribution in [0.25, 0.3) is 10.9 Å². The van der Waals surface area contributed by atoms with E-state index >= 15 is 0 Å². The molecule has 22 heavy (non-hydrogen) atoms. The Morgan fingerprint density at radius 1 is 1.32 bits per heavy atom. The van der Waals surface area contributed by atoms with Gasteiger partial charge in [0.25, 0.3) is 0 Å². The molecule has 3 aromatic rings. The van der Waals surface area contributed by atoms with Gasteiger partial charge in [-0.05, 0) is 60.5 Å². The molecule has 0 aliphatic heterocycles. The summed E-state index contributed by atoms with van der Waals surface area (Å²) in [6.07, 6.45) is 0. The van der Waals surface area contributed by atoms with E-state index in [0.717, 1.165) is 22.5 Å². The second-order valence-corrected chi connectivity index (χ2v) is 6.39. The summed E-state index contributed by atoms with van der Waals surface area (Å²) >= 11 is 1.55. The molecule has 0 saturated carbocycles. The molecule has 1 unspecified atom stereocenters. The summed E-state index contributed by atoms with van der Waals surface area (Å²) in [6, 6.07) is 8.30. The Bertz CT molecular complexity index is 800. The Kier molecular flexibility index (Phi) is 3.85. The molecule has 2 aromatic heterocycles. The van der Waals surface area contributed by atoms with E-state index in [1.807, 2.05) is 29.8 Å². The van der Waals surface area contributed by atoms with Gasteiger partial charge in [0, 0.05) is 23.3 Å². The summed E-state index contributed by atoms with van der Waals surface area (Å²) in [7, 11) is 0. The van der Waals surface area contributed by atoms with Crippen LogP contribution in [-0.2, 0) is 5.60 Å². The minimum atomic E-state index is -0.989. The zero-order chi connectivity index (χ0) is 15.7. The largest absolute Gasteiger partial charge is 0.384 e. The highest BCUT2D eigenvalue weighted by Crippen LogP contribution is 2.27. The Balaban J connectivity index is 1.92. The first-order valence-corrected chi connectivity index (χ1v) is 7.96. The zero-order valence-corrected chi connectivity index (χ0v) is 13.2. The van der Waals surface area contributed by atoms with Crippen molar-refractivity contribution in [2.75, 3.05) is 11.9 Å². The molecule has 1 atom stereocenters. The van der Waals surface area contributed by atoms with Crippen molar-refractivity contribution in [1.82, 2.24) is 4.98 Å². The standard InChI is InChI=1S/C17H17FN2OS/c1-11-7-16(14-8-13(18)3-4-15(14)20-11)19-10-17(2,21)12-5-6-22-9-12/h3-9,21H,10H2,1-2H3,(H,19,20). The van der Waals surface area contributed by atoms with Crippen molar-refractivity contribution in [3.05, 3.63) is 58.2 Å². The van der Waals surface area contributed by atoms with Crippen LogP contribution in [0.15, 0.2) is 41.1 Å². The van der Waals surface area contributed by atoms with Crippen LogP contribution in [0.5, 0.6) is 0 Å². The number of thiophene rings is 1. The van der Waals surface area contributed by atoms with E-state index in [1.165, 1.54) is 12.1 Å². The Labute approximate surface area is 132 Å². The van der Waals surface area contributed by atoms with Crippen molar-refractivity contribution in [2.45, 2.75) is 19.4 Å². The number of aromatic nitrogens is 1. The summed E-state index contributed by atoms with van der Waals surface area (Å²) in [5.74, 6) is -0.300. The number of hydrogen-bond donors (Lipinski definition) is 2. The molecule has 114 valence electrons. The number of pyridine rings is 1. The third kappa shape index (κ3) is 2.96. The van der Waals surface area contributed by atoms with E-state index in [1.54, 1.807) is 24.3 Å². The molecule has 3 nitrogen and oxygen atoms in total. The number of fused-ring (bicyclic) bond motifs is 1. The fourth-order valence-corrected chi connectivity index (χ4v) is 3.20. The van der Waals surface area contributed by atoms with Crippen LogP contribution in [0.3, 0.4) is 0 Å². The number of anilines is 1. The maximum Gasteiger partial charge on any atom is 0.124 e. The van der Waals surface area contributed by atoms with Crippen LogP contribution in [0, 0.1) is 12.7 Å². The SMILES string of the molecule is Cc1cc(NCC(C)(O)c2ccsc2)c2cc(F)ccc2n1. The van der Waals surface area contributed by atoms with Gasteiger partial charge in [-0.25, -0.2) is 4.39 Å². The predicted molar refractivity (Wildman–Crippen MR) is 88.8 cm³/mol. The summed E-state index contributed by atoms with van der Waals surface area (Å²) in [6.45, 7) is 3.99. The number of aryl methyl sites for hydroxylation is 1. The normalized spacial score (nSPS) is 14.0. The van der Waals surface area contributed by atoms with Gasteiger partial charge in [-0.2, -0.15) is 11.3 Å². The lowest BCUT2D eigenvalue weighted by Crippen LogP contribution is -2.30. The lowest BCUT2D eigenvalue weighted by Gasteiger charge is -2.24. The molecule has 0 spiro atoms. The molecular formula is C17H17FN2OS. The monoisotopic (exact) mass is 316 g/mol. The smallest absolute Gasteiger partial charge is 0.124 e. The quantitative estimate of drug-likeness (QED) is 0.763. The Morgan fingerprint density at radius 2 is 2.14 bits per heavy atom. The molecule has 5 heteroatoms. The van der Waals surface area contributed by atoms with Crippen LogP contribution in [0.1, 0.15) is 18.2 Å². The number of nitrogens with one attached hydrogen (secondary N) is 1. The summed E-state index contributed by atoms with van der Waals surface area (Å²) < 4.78 is 13.5. The van der Waals surface area contributed by atoms with Gasteiger partial charge in [-0.15, -0.1) is 0 Å². The summed E-state index contributed by atoms with van der Waals surface area (Å²) in [4.78, 5) is 4.40. The molecule has 0 amide bonds. The average molecular weight is 316 g/mol. The van der Waals surface area contributed by atoms with Gasteiger partial charge < -0.3 is 10.4 Å². The second kappa shape index (κ2) is 5.66. The summed E-state index contributed by atoms with van der Waals surface area (Å²) in [5.41, 5.74) is 2.23. The third-order valence-electron chi connectivity index (χ3n) is 3.66. The average Bonchev–Trinajstić information content (AvgIpc) is 3.00. The molecule has 0 aliphatic carbocycles. The second-order valence-electron chi connectivity index (χ2n) is 5.61. The lowest BCUT2D eigenvalue weighted by molar-refractivity contribution is 0.0720. The number of benzene rings is 1. The number of halogens is 1. The van der Waals surface area contributed by atoms with Crippen molar-refractivity contribution in [1.29, 1.82) is 0 Å². The summed E-state index contributed by atoms with van der Waals surface area (Å²) in [5, 5.41) is 18.4. The Morgan fingerprint density at radius 3 is 2.86 bits per heavy atom. The molecule has 0 saturated heterocycles. The van der Waals surface area contributed by atoms with E-state index in [2.05, 4.69) is 10.3 Å². The number of hydrogen-bond acceptors (Lipinski definition) is 4. The topological polar surface area (TPSA) is 45.1 Å². The van der Waals surface area contributed by atoms with Crippen molar-refractivity contribution in [2.24, 2.45) is 0 Å². The van der Waals surface area contributed by atoms with Gasteiger partial charge in [0.2, 0.25) is 0 Å². The van der Waals surface area contributed by atoms with Crippen molar-refractivity contribution in [3.8, 4) is 0 Å². The van der Waals surface area contributed by atoms with Crippen LogP contribution in [0.2, 0.25) is 0 Å². The van der Waals surface area contributed by atoms with Gasteiger partial charge in [-0.3, -0.25) is 4.98 Å². The molecule has 0 bridgehead atoms. The van der Waals surface area contributed by atoms with E-state index in [0.29, 0.717) is 11.9 Å². The molecule has 2 N–H and O–H groups in total. The van der Waals surface area contributed by atoms with Crippen molar-refractivity contribution < 1.29 is 9.50 Å². The van der Waals surface area contributed by atoms with E-state index in [4.69, 9.17) is 0 Å². The van der Waals surface area contributed by atoms with Crippen LogP contribution in [0.4, 0.5) is 10.1 Å². The molecular weight excluding hydrogens is 299 g/mol. The van der Waals surface area contributed by atoms with Crippen LogP contribution < -0.4 is 5.32 Å². The third-order valence-corrected chi connectivity index (χ3v) is 4.35. The number of aliphatic hydroxyl groups is 1. The fourth-order valence-electron chi connectivity index (χ4n) is 2.42. The molecule has 2 heterocycles. The first kappa shape index (κ1) is 14.9. The van der Waals surface area contributed by atoms with Crippen molar-refractivity contribution >= 4 is 27.9 Å². The van der Waals surface area contributed by atoms with Crippen LogP contribution >= 0.6 is 11.3 Å². The fraction of sp³-hybridized carbons (Fsp3) is 0.235. The Hall–Kier alpha value is -1.98. The minimum absolute atomic E-state index is 0.300. The highest BCUT2D eigenvalue weighted by atomic mass is 32.1. The maximum absolute atomic E-state index is 13.5. The minimum Gasteiger partial charge on any atom is -0.384 e. The zero-order valence-electron chi connectivity index (χ0n) is 12.4. The van der Waals surface area contributed by atoms with Gasteiger partial charge in [0.05, 0.1) is 5.52 Å². The molecule has 1 aromatic carbocycles. The van der Waals surface area contributed by atoms with Gasteiger partial charge >= 0.3 is 0 Å². The highest BCUT2D eigenvalue weighted by molar-refractivity contribution is 7.08. The van der Waals surface area contributed by atoms with Gasteiger partial charge in [0.15, 0.2) is 0 Å². The predicted octanol–water partition coefficient (Wildman–Crippen LogP) is 4.06. The first-order valence-electron chi connectivity index (χ1n) is 7.01. The molecule has 0 radical (unpaired) electrons. The van der Waals surface area contributed by atoms with Crippen LogP contribution in [-0.4, -0.2) is 16.6 Å². The van der Waals surface area contributed by atoms with Crippen molar-refractivity contribution in [3.63, 3.8) is 0 Å². The lowest BCUT2D eigenvalue weighted by atomic mass is 9.99. The van der Waals surface area contributed by atoms with Gasteiger partial charge in [-0.1, -0.05) is 0 Å². The molecule has 0 fully saturated rings. The van der Waals surface area contributed by atoms with Gasteiger partial charge in [0.1, 0.15) is 11.4 Å². The highest BCUT2D eigenvalue weighted by Gasteiger charge is 2.23. The van der Waals surface area contributed by atoms with E-state index in [9.17, 15) is 9.50 Å². The number of nitrogens with zero attached hydrogens (tertiary/aromatic N) is 1. The molecule has 0 aliphatic rings. The number of rotatable bonds is 4. The molecule has 3 rings (SSSR count). The maximum atomic E-state index is 13.5. The first-order chi connectivity index (χ1) is 10.5. The van der Waals surface area contributed by atoms with E-state index < -0.39 is 5.60 Å².